The van der Waals surface area contributed by atoms with E-state index in [-0.39, 0.29) is 5.91 Å². The van der Waals surface area contributed by atoms with Crippen molar-refractivity contribution in [2.24, 2.45) is 0 Å². The molecule has 1 aliphatic rings. The lowest BCUT2D eigenvalue weighted by Crippen LogP contribution is -2.36. The van der Waals surface area contributed by atoms with Crippen LogP contribution in [0.25, 0.3) is 0 Å². The van der Waals surface area contributed by atoms with E-state index in [1.807, 2.05) is 23.1 Å². The first-order chi connectivity index (χ1) is 9.16. The highest BCUT2D eigenvalue weighted by atomic mass is 79.9. The fourth-order valence-corrected chi connectivity index (χ4v) is 2.84. The van der Waals surface area contributed by atoms with Crippen LogP contribution in [0, 0.1) is 0 Å². The average molecular weight is 321 g/mol. The van der Waals surface area contributed by atoms with E-state index in [1.165, 1.54) is 6.26 Å². The Balaban J connectivity index is 1.87. The number of fused-ring (bicyclic) bond motifs is 1. The topological polar surface area (TPSA) is 59.5 Å². The molecule has 2 N–H and O–H groups in total. The van der Waals surface area contributed by atoms with Gasteiger partial charge in [0.2, 0.25) is 0 Å². The molecule has 0 radical (unpaired) electrons. The van der Waals surface area contributed by atoms with Crippen LogP contribution in [0.4, 0.5) is 5.69 Å². The molecule has 98 valence electrons. The van der Waals surface area contributed by atoms with E-state index in [2.05, 4.69) is 15.9 Å². The zero-order valence-electron chi connectivity index (χ0n) is 10.2. The van der Waals surface area contributed by atoms with Gasteiger partial charge in [-0.2, -0.15) is 0 Å². The van der Waals surface area contributed by atoms with Crippen LogP contribution in [-0.2, 0) is 13.0 Å². The fourth-order valence-electron chi connectivity index (χ4n) is 2.43. The Morgan fingerprint density at radius 2 is 2.21 bits per heavy atom. The molecule has 3 rings (SSSR count). The van der Waals surface area contributed by atoms with Crippen LogP contribution in [0.2, 0.25) is 0 Å². The Hall–Kier alpha value is -1.75. The average Bonchev–Trinajstić information content (AvgIpc) is 2.84. The predicted octanol–water partition coefficient (Wildman–Crippen LogP) is 2.82. The number of furan rings is 1. The van der Waals surface area contributed by atoms with E-state index in [1.54, 1.807) is 6.07 Å². The number of halogens is 1. The maximum atomic E-state index is 12.4. The predicted molar refractivity (Wildman–Crippen MR) is 75.7 cm³/mol. The third-order valence-electron chi connectivity index (χ3n) is 3.44. The molecule has 1 aromatic carbocycles. The van der Waals surface area contributed by atoms with Gasteiger partial charge in [0.1, 0.15) is 0 Å². The molecule has 0 saturated heterocycles. The van der Waals surface area contributed by atoms with Crippen molar-refractivity contribution in [3.8, 4) is 0 Å². The van der Waals surface area contributed by atoms with E-state index >= 15 is 0 Å². The standard InChI is InChI=1S/C14H13BrN2O2/c15-13-11(5-7-19-13)14(18)17-6-4-10-9(8-17)2-1-3-12(10)16/h1-3,5,7H,4,6,8,16H2. The van der Waals surface area contributed by atoms with Gasteiger partial charge in [0.05, 0.1) is 11.8 Å². The Morgan fingerprint density at radius 3 is 2.95 bits per heavy atom. The van der Waals surface area contributed by atoms with Crippen molar-refractivity contribution < 1.29 is 9.21 Å². The molecule has 0 bridgehead atoms. The molecule has 1 aliphatic heterocycles. The summed E-state index contributed by atoms with van der Waals surface area (Å²) in [6.07, 6.45) is 2.30. The molecule has 2 aromatic rings. The van der Waals surface area contributed by atoms with Crippen molar-refractivity contribution >= 4 is 27.5 Å². The van der Waals surface area contributed by atoms with Gasteiger partial charge in [0.15, 0.2) is 4.67 Å². The molecule has 0 saturated carbocycles. The van der Waals surface area contributed by atoms with Gasteiger partial charge in [-0.1, -0.05) is 12.1 Å². The Labute approximate surface area is 119 Å². The minimum absolute atomic E-state index is 0.0197. The van der Waals surface area contributed by atoms with Crippen LogP contribution in [0.1, 0.15) is 21.5 Å². The molecule has 0 spiro atoms. The van der Waals surface area contributed by atoms with Gasteiger partial charge in [-0.15, -0.1) is 0 Å². The second kappa shape index (κ2) is 4.74. The SMILES string of the molecule is Nc1cccc2c1CCN(C(=O)c1ccoc1Br)C2. The Morgan fingerprint density at radius 1 is 1.37 bits per heavy atom. The minimum atomic E-state index is -0.0197. The number of anilines is 1. The summed E-state index contributed by atoms with van der Waals surface area (Å²) in [7, 11) is 0. The molecule has 0 atom stereocenters. The smallest absolute Gasteiger partial charge is 0.258 e. The first kappa shape index (κ1) is 12.3. The molecule has 0 fully saturated rings. The first-order valence-electron chi connectivity index (χ1n) is 6.05. The summed E-state index contributed by atoms with van der Waals surface area (Å²) in [5.41, 5.74) is 9.62. The van der Waals surface area contributed by atoms with E-state index in [9.17, 15) is 4.79 Å². The molecule has 19 heavy (non-hydrogen) atoms. The Kier molecular flexibility index (Phi) is 3.06. The highest BCUT2D eigenvalue weighted by molar-refractivity contribution is 9.10. The number of hydrogen-bond acceptors (Lipinski definition) is 3. The summed E-state index contributed by atoms with van der Waals surface area (Å²) in [5.74, 6) is -0.0197. The Bertz CT molecular complexity index is 636. The van der Waals surface area contributed by atoms with Crippen molar-refractivity contribution in [3.05, 3.63) is 51.9 Å². The number of rotatable bonds is 1. The molecular weight excluding hydrogens is 308 g/mol. The van der Waals surface area contributed by atoms with Gasteiger partial charge in [-0.05, 0) is 45.6 Å². The molecule has 1 aromatic heterocycles. The van der Waals surface area contributed by atoms with E-state index in [0.29, 0.717) is 23.3 Å². The monoisotopic (exact) mass is 320 g/mol. The van der Waals surface area contributed by atoms with Gasteiger partial charge in [0, 0.05) is 18.8 Å². The highest BCUT2D eigenvalue weighted by Gasteiger charge is 2.24. The third kappa shape index (κ3) is 2.14. The second-order valence-corrected chi connectivity index (χ2v) is 5.29. The van der Waals surface area contributed by atoms with Gasteiger partial charge in [0.25, 0.3) is 5.91 Å². The lowest BCUT2D eigenvalue weighted by molar-refractivity contribution is 0.0733. The van der Waals surface area contributed by atoms with Crippen LogP contribution >= 0.6 is 15.9 Å². The lowest BCUT2D eigenvalue weighted by Gasteiger charge is -2.29. The summed E-state index contributed by atoms with van der Waals surface area (Å²) in [5, 5.41) is 0. The summed E-state index contributed by atoms with van der Waals surface area (Å²) in [6.45, 7) is 1.27. The molecule has 5 heteroatoms. The van der Waals surface area contributed by atoms with Gasteiger partial charge < -0.3 is 15.1 Å². The minimum Gasteiger partial charge on any atom is -0.457 e. The van der Waals surface area contributed by atoms with Crippen LogP contribution in [0.5, 0.6) is 0 Å². The second-order valence-electron chi connectivity index (χ2n) is 4.57. The van der Waals surface area contributed by atoms with Crippen molar-refractivity contribution in [3.63, 3.8) is 0 Å². The van der Waals surface area contributed by atoms with E-state index in [4.69, 9.17) is 10.2 Å². The molecule has 1 amide bonds. The number of nitrogens with two attached hydrogens (primary N) is 1. The number of carbonyl (C=O) groups is 1. The normalized spacial score (nSPS) is 14.3. The summed E-state index contributed by atoms with van der Waals surface area (Å²) in [4.78, 5) is 14.2. The molecule has 0 unspecified atom stereocenters. The summed E-state index contributed by atoms with van der Waals surface area (Å²) < 4.78 is 5.60. The molecule has 4 nitrogen and oxygen atoms in total. The van der Waals surface area contributed by atoms with Crippen LogP contribution < -0.4 is 5.73 Å². The third-order valence-corrected chi connectivity index (χ3v) is 4.05. The van der Waals surface area contributed by atoms with Crippen molar-refractivity contribution in [1.29, 1.82) is 0 Å². The van der Waals surface area contributed by atoms with Gasteiger partial charge in [-0.3, -0.25) is 4.79 Å². The zero-order chi connectivity index (χ0) is 13.4. The molecular formula is C14H13BrN2O2. The number of benzene rings is 1. The first-order valence-corrected chi connectivity index (χ1v) is 6.84. The lowest BCUT2D eigenvalue weighted by atomic mass is 9.97. The number of nitrogen functional groups attached to an aromatic ring is 1. The molecule has 2 heterocycles. The largest absolute Gasteiger partial charge is 0.457 e. The number of hydrogen-bond donors (Lipinski definition) is 1. The molecule has 0 aliphatic carbocycles. The van der Waals surface area contributed by atoms with E-state index in [0.717, 1.165) is 23.2 Å². The van der Waals surface area contributed by atoms with Crippen LogP contribution in [0.15, 0.2) is 39.6 Å². The van der Waals surface area contributed by atoms with Crippen LogP contribution in [0.3, 0.4) is 0 Å². The summed E-state index contributed by atoms with van der Waals surface area (Å²) >= 11 is 3.24. The summed E-state index contributed by atoms with van der Waals surface area (Å²) in [6, 6.07) is 7.54. The zero-order valence-corrected chi connectivity index (χ0v) is 11.8. The van der Waals surface area contributed by atoms with Crippen molar-refractivity contribution in [1.82, 2.24) is 4.90 Å². The fraction of sp³-hybridized carbons (Fsp3) is 0.214. The number of nitrogens with zero attached hydrogens (tertiary/aromatic N) is 1. The number of carbonyl (C=O) groups excluding carboxylic acids is 1. The van der Waals surface area contributed by atoms with Crippen molar-refractivity contribution in [2.45, 2.75) is 13.0 Å². The van der Waals surface area contributed by atoms with E-state index < -0.39 is 0 Å². The maximum Gasteiger partial charge on any atom is 0.258 e. The highest BCUT2D eigenvalue weighted by Crippen LogP contribution is 2.26. The van der Waals surface area contributed by atoms with Gasteiger partial charge >= 0.3 is 0 Å². The quantitative estimate of drug-likeness (QED) is 0.822. The maximum absolute atomic E-state index is 12.4. The van der Waals surface area contributed by atoms with Gasteiger partial charge in [-0.25, -0.2) is 0 Å². The number of amides is 1. The van der Waals surface area contributed by atoms with Crippen LogP contribution in [-0.4, -0.2) is 17.4 Å². The van der Waals surface area contributed by atoms with Crippen molar-refractivity contribution in [2.75, 3.05) is 12.3 Å².